The summed E-state index contributed by atoms with van der Waals surface area (Å²) in [7, 11) is 1.62. The van der Waals surface area contributed by atoms with Gasteiger partial charge >= 0.3 is 0 Å². The number of nitrogens with one attached hydrogen (secondary N) is 1. The molecule has 1 aromatic carbocycles. The highest BCUT2D eigenvalue weighted by atomic mass is 16.5. The number of anilines is 1. The van der Waals surface area contributed by atoms with Gasteiger partial charge in [0.15, 0.2) is 5.82 Å². The first-order valence-electron chi connectivity index (χ1n) is 8.06. The van der Waals surface area contributed by atoms with Gasteiger partial charge in [-0.3, -0.25) is 4.79 Å². The molecule has 0 spiro atoms. The van der Waals surface area contributed by atoms with E-state index in [9.17, 15) is 4.79 Å². The molecule has 0 radical (unpaired) electrons. The Morgan fingerprint density at radius 2 is 2.04 bits per heavy atom. The van der Waals surface area contributed by atoms with Gasteiger partial charge in [0.05, 0.1) is 13.7 Å². The molecule has 1 aliphatic heterocycles. The number of rotatable bonds is 6. The van der Waals surface area contributed by atoms with Crippen molar-refractivity contribution in [3.05, 3.63) is 47.0 Å². The summed E-state index contributed by atoms with van der Waals surface area (Å²) in [5, 5.41) is 3.27. The van der Waals surface area contributed by atoms with Crippen LogP contribution in [0, 0.1) is 0 Å². The maximum Gasteiger partial charge on any atom is 0.293 e. The van der Waals surface area contributed by atoms with E-state index in [0.29, 0.717) is 19.0 Å². The number of piperazine rings is 1. The Morgan fingerprint density at radius 3 is 2.83 bits per heavy atom. The Morgan fingerprint density at radius 1 is 1.25 bits per heavy atom. The van der Waals surface area contributed by atoms with E-state index in [1.807, 2.05) is 29.2 Å². The quantitative estimate of drug-likeness (QED) is 0.843. The van der Waals surface area contributed by atoms with Gasteiger partial charge in [-0.05, 0) is 12.1 Å². The highest BCUT2D eigenvalue weighted by Gasteiger charge is 2.16. The van der Waals surface area contributed by atoms with Gasteiger partial charge in [0.1, 0.15) is 18.1 Å². The van der Waals surface area contributed by atoms with Crippen molar-refractivity contribution in [1.82, 2.24) is 14.9 Å². The van der Waals surface area contributed by atoms with Crippen molar-refractivity contribution in [2.75, 3.05) is 44.8 Å². The summed E-state index contributed by atoms with van der Waals surface area (Å²) in [4.78, 5) is 18.9. The Labute approximate surface area is 140 Å². The molecule has 1 aromatic heterocycles. The van der Waals surface area contributed by atoms with E-state index in [4.69, 9.17) is 9.47 Å². The van der Waals surface area contributed by atoms with Crippen LogP contribution >= 0.6 is 0 Å². The van der Waals surface area contributed by atoms with E-state index in [-0.39, 0.29) is 5.56 Å². The van der Waals surface area contributed by atoms with Crippen LogP contribution in [0.5, 0.6) is 11.5 Å². The Bertz CT molecular complexity index is 726. The lowest BCUT2D eigenvalue weighted by atomic mass is 10.3. The topological polar surface area (TPSA) is 68.6 Å². The predicted molar refractivity (Wildman–Crippen MR) is 92.1 cm³/mol. The Kier molecular flexibility index (Phi) is 5.32. The molecule has 1 saturated heterocycles. The third-order valence-corrected chi connectivity index (χ3v) is 3.95. The number of nitrogens with zero attached hydrogens (tertiary/aromatic N) is 3. The smallest absolute Gasteiger partial charge is 0.293 e. The van der Waals surface area contributed by atoms with Gasteiger partial charge in [0, 0.05) is 44.6 Å². The molecule has 128 valence electrons. The van der Waals surface area contributed by atoms with E-state index in [1.54, 1.807) is 24.1 Å². The minimum Gasteiger partial charge on any atom is -0.497 e. The zero-order chi connectivity index (χ0) is 16.8. The zero-order valence-corrected chi connectivity index (χ0v) is 13.8. The summed E-state index contributed by atoms with van der Waals surface area (Å²) in [5.74, 6) is 1.98. The molecule has 0 amide bonds. The SMILES string of the molecule is COc1cccc(OCCn2ccnc(N3CCNCC3)c2=O)c1. The van der Waals surface area contributed by atoms with E-state index >= 15 is 0 Å². The molecule has 0 atom stereocenters. The lowest BCUT2D eigenvalue weighted by Gasteiger charge is -2.27. The van der Waals surface area contributed by atoms with Crippen LogP contribution in [0.2, 0.25) is 0 Å². The fraction of sp³-hybridized carbons (Fsp3) is 0.412. The Hall–Kier alpha value is -2.54. The first-order valence-corrected chi connectivity index (χ1v) is 8.06. The zero-order valence-electron chi connectivity index (χ0n) is 13.8. The molecule has 3 rings (SSSR count). The number of hydrogen-bond donors (Lipinski definition) is 1. The van der Waals surface area contributed by atoms with Crippen LogP contribution in [-0.2, 0) is 6.54 Å². The van der Waals surface area contributed by atoms with Gasteiger partial charge in [0.2, 0.25) is 0 Å². The van der Waals surface area contributed by atoms with Gasteiger partial charge in [-0.15, -0.1) is 0 Å². The second-order valence-corrected chi connectivity index (χ2v) is 5.51. The van der Waals surface area contributed by atoms with E-state index in [2.05, 4.69) is 10.3 Å². The molecular weight excluding hydrogens is 308 g/mol. The fourth-order valence-corrected chi connectivity index (χ4v) is 2.66. The number of methoxy groups -OCH3 is 1. The molecule has 0 unspecified atom stereocenters. The summed E-state index contributed by atoms with van der Waals surface area (Å²) < 4.78 is 12.5. The van der Waals surface area contributed by atoms with Crippen molar-refractivity contribution in [3.63, 3.8) is 0 Å². The van der Waals surface area contributed by atoms with Gasteiger partial charge in [-0.1, -0.05) is 6.07 Å². The molecular formula is C17H22N4O3. The molecule has 2 heterocycles. The summed E-state index contributed by atoms with van der Waals surface area (Å²) >= 11 is 0. The third-order valence-electron chi connectivity index (χ3n) is 3.95. The second kappa shape index (κ2) is 7.83. The van der Waals surface area contributed by atoms with Crippen molar-refractivity contribution in [2.24, 2.45) is 0 Å². The third kappa shape index (κ3) is 3.86. The highest BCUT2D eigenvalue weighted by Crippen LogP contribution is 2.18. The van der Waals surface area contributed by atoms with Crippen LogP contribution in [0.15, 0.2) is 41.5 Å². The molecule has 0 aliphatic carbocycles. The molecule has 7 heteroatoms. The maximum atomic E-state index is 12.6. The van der Waals surface area contributed by atoms with Crippen molar-refractivity contribution in [1.29, 1.82) is 0 Å². The number of hydrogen-bond acceptors (Lipinski definition) is 6. The van der Waals surface area contributed by atoms with Crippen LogP contribution in [0.25, 0.3) is 0 Å². The molecule has 1 fully saturated rings. The van der Waals surface area contributed by atoms with Gasteiger partial charge in [-0.2, -0.15) is 0 Å². The second-order valence-electron chi connectivity index (χ2n) is 5.51. The van der Waals surface area contributed by atoms with Gasteiger partial charge in [0.25, 0.3) is 5.56 Å². The van der Waals surface area contributed by atoms with Crippen LogP contribution in [0.1, 0.15) is 0 Å². The number of aromatic nitrogens is 2. The average Bonchev–Trinajstić information content (AvgIpc) is 2.64. The van der Waals surface area contributed by atoms with Crippen molar-refractivity contribution < 1.29 is 9.47 Å². The standard InChI is InChI=1S/C17H22N4O3/c1-23-14-3-2-4-15(13-14)24-12-11-21-10-7-19-16(17(21)22)20-8-5-18-6-9-20/h2-4,7,10,13,18H,5-6,8-9,11-12H2,1H3. The monoisotopic (exact) mass is 330 g/mol. The molecule has 0 bridgehead atoms. The molecule has 0 saturated carbocycles. The summed E-state index contributed by atoms with van der Waals surface area (Å²) in [6.07, 6.45) is 3.37. The molecule has 1 N–H and O–H groups in total. The van der Waals surface area contributed by atoms with Crippen molar-refractivity contribution >= 4 is 5.82 Å². The highest BCUT2D eigenvalue weighted by molar-refractivity contribution is 5.36. The number of ether oxygens (including phenoxy) is 2. The molecule has 1 aliphatic rings. The van der Waals surface area contributed by atoms with Crippen molar-refractivity contribution in [2.45, 2.75) is 6.54 Å². The number of benzene rings is 1. The minimum absolute atomic E-state index is 0.0753. The summed E-state index contributed by atoms with van der Waals surface area (Å²) in [6, 6.07) is 7.42. The first-order chi connectivity index (χ1) is 11.8. The average molecular weight is 330 g/mol. The van der Waals surface area contributed by atoms with Crippen LogP contribution in [0.4, 0.5) is 5.82 Å². The van der Waals surface area contributed by atoms with E-state index in [1.165, 1.54) is 0 Å². The first kappa shape index (κ1) is 16.3. The molecule has 24 heavy (non-hydrogen) atoms. The fourth-order valence-electron chi connectivity index (χ4n) is 2.66. The molecule has 2 aromatic rings. The summed E-state index contributed by atoms with van der Waals surface area (Å²) in [5.41, 5.74) is -0.0753. The largest absolute Gasteiger partial charge is 0.497 e. The van der Waals surface area contributed by atoms with Gasteiger partial charge < -0.3 is 24.3 Å². The van der Waals surface area contributed by atoms with E-state index < -0.39 is 0 Å². The summed E-state index contributed by atoms with van der Waals surface area (Å²) in [6.45, 7) is 4.21. The maximum absolute atomic E-state index is 12.6. The van der Waals surface area contributed by atoms with Crippen LogP contribution < -0.4 is 25.2 Å². The van der Waals surface area contributed by atoms with Gasteiger partial charge in [-0.25, -0.2) is 4.98 Å². The lowest BCUT2D eigenvalue weighted by Crippen LogP contribution is -2.46. The van der Waals surface area contributed by atoms with E-state index in [0.717, 1.165) is 37.7 Å². The normalized spacial score (nSPS) is 14.5. The lowest BCUT2D eigenvalue weighted by molar-refractivity contribution is 0.294. The predicted octanol–water partition coefficient (Wildman–Crippen LogP) is 0.740. The molecule has 7 nitrogen and oxygen atoms in total. The minimum atomic E-state index is -0.0753. The van der Waals surface area contributed by atoms with Crippen LogP contribution in [-0.4, -0.2) is 49.4 Å². The van der Waals surface area contributed by atoms with Crippen LogP contribution in [0.3, 0.4) is 0 Å². The Balaban J connectivity index is 1.63. The van der Waals surface area contributed by atoms with Crippen molar-refractivity contribution in [3.8, 4) is 11.5 Å².